The lowest BCUT2D eigenvalue weighted by Crippen LogP contribution is -2.52. The number of carbonyl (C=O) groups is 1. The van der Waals surface area contributed by atoms with Gasteiger partial charge in [-0.05, 0) is 31.5 Å². The molecule has 0 bridgehead atoms. The molecular weight excluding hydrogens is 240 g/mol. The number of hydrogen-bond acceptors (Lipinski definition) is 4. The molecule has 2 saturated heterocycles. The third kappa shape index (κ3) is 2.42. The lowest BCUT2D eigenvalue weighted by atomic mass is 10.1. The Morgan fingerprint density at radius 3 is 3.00 bits per heavy atom. The minimum Gasteiger partial charge on any atom is -0.387 e. The van der Waals surface area contributed by atoms with Crippen molar-refractivity contribution >= 4 is 11.6 Å². The Bertz CT molecular complexity index is 459. The van der Waals surface area contributed by atoms with Gasteiger partial charge in [-0.3, -0.25) is 9.69 Å². The molecule has 2 aliphatic heterocycles. The Kier molecular flexibility index (Phi) is 3.38. The lowest BCUT2D eigenvalue weighted by Gasteiger charge is -2.37. The molecule has 0 spiro atoms. The van der Waals surface area contributed by atoms with Crippen molar-refractivity contribution in [2.75, 3.05) is 38.5 Å². The molecule has 0 saturated carbocycles. The average molecular weight is 260 g/mol. The molecule has 2 aliphatic rings. The van der Waals surface area contributed by atoms with Gasteiger partial charge in [-0.15, -0.1) is 0 Å². The van der Waals surface area contributed by atoms with Crippen molar-refractivity contribution in [3.8, 4) is 0 Å². The second-order valence-corrected chi connectivity index (χ2v) is 5.27. The predicted octanol–water partition coefficient (Wildman–Crippen LogP) is 1.04. The topological polar surface area (TPSA) is 48.5 Å². The van der Waals surface area contributed by atoms with Crippen molar-refractivity contribution in [2.45, 2.75) is 18.9 Å². The SMILES string of the molecule is CNc1ccc(C(=O)N2CCN3CCCC3C2)nc1. The van der Waals surface area contributed by atoms with Crippen molar-refractivity contribution in [2.24, 2.45) is 0 Å². The minimum atomic E-state index is 0.0641. The highest BCUT2D eigenvalue weighted by molar-refractivity contribution is 5.92. The summed E-state index contributed by atoms with van der Waals surface area (Å²) in [5.74, 6) is 0.0641. The molecule has 1 aromatic heterocycles. The highest BCUT2D eigenvalue weighted by atomic mass is 16.2. The fourth-order valence-corrected chi connectivity index (χ4v) is 3.01. The van der Waals surface area contributed by atoms with Gasteiger partial charge in [0.2, 0.25) is 0 Å². The molecule has 3 heterocycles. The van der Waals surface area contributed by atoms with Gasteiger partial charge in [0.25, 0.3) is 5.91 Å². The number of piperazine rings is 1. The van der Waals surface area contributed by atoms with E-state index in [1.54, 1.807) is 12.3 Å². The molecule has 0 radical (unpaired) electrons. The highest BCUT2D eigenvalue weighted by Crippen LogP contribution is 2.22. The molecule has 5 nitrogen and oxygen atoms in total. The first kappa shape index (κ1) is 12.4. The van der Waals surface area contributed by atoms with E-state index in [2.05, 4.69) is 15.2 Å². The molecule has 1 aromatic rings. The molecule has 102 valence electrons. The van der Waals surface area contributed by atoms with E-state index in [9.17, 15) is 4.79 Å². The van der Waals surface area contributed by atoms with Crippen LogP contribution in [0.3, 0.4) is 0 Å². The maximum Gasteiger partial charge on any atom is 0.272 e. The van der Waals surface area contributed by atoms with Crippen LogP contribution in [0.5, 0.6) is 0 Å². The first-order valence-electron chi connectivity index (χ1n) is 6.95. The van der Waals surface area contributed by atoms with Crippen LogP contribution in [-0.2, 0) is 0 Å². The van der Waals surface area contributed by atoms with Crippen LogP contribution in [0, 0.1) is 0 Å². The van der Waals surface area contributed by atoms with E-state index >= 15 is 0 Å². The van der Waals surface area contributed by atoms with Gasteiger partial charge >= 0.3 is 0 Å². The molecule has 1 amide bonds. The largest absolute Gasteiger partial charge is 0.387 e. The third-order valence-electron chi connectivity index (χ3n) is 4.15. The van der Waals surface area contributed by atoms with E-state index in [-0.39, 0.29) is 5.91 Å². The molecule has 0 aromatic carbocycles. The summed E-state index contributed by atoms with van der Waals surface area (Å²) in [7, 11) is 1.85. The number of fused-ring (bicyclic) bond motifs is 1. The van der Waals surface area contributed by atoms with Gasteiger partial charge in [-0.2, -0.15) is 0 Å². The van der Waals surface area contributed by atoms with Gasteiger partial charge in [0, 0.05) is 32.7 Å². The van der Waals surface area contributed by atoms with E-state index in [1.165, 1.54) is 19.4 Å². The second kappa shape index (κ2) is 5.17. The number of anilines is 1. The molecule has 2 fully saturated rings. The molecule has 0 aliphatic carbocycles. The van der Waals surface area contributed by atoms with Crippen LogP contribution in [-0.4, -0.2) is 60.0 Å². The minimum absolute atomic E-state index is 0.0641. The Balaban J connectivity index is 1.69. The highest BCUT2D eigenvalue weighted by Gasteiger charge is 2.32. The van der Waals surface area contributed by atoms with Crippen LogP contribution >= 0.6 is 0 Å². The first-order chi connectivity index (χ1) is 9.28. The first-order valence-corrected chi connectivity index (χ1v) is 6.95. The van der Waals surface area contributed by atoms with Crippen molar-refractivity contribution in [3.63, 3.8) is 0 Å². The lowest BCUT2D eigenvalue weighted by molar-refractivity contribution is 0.0566. The number of nitrogens with one attached hydrogen (secondary N) is 1. The van der Waals surface area contributed by atoms with Gasteiger partial charge in [-0.25, -0.2) is 4.98 Å². The van der Waals surface area contributed by atoms with Crippen molar-refractivity contribution < 1.29 is 4.79 Å². The van der Waals surface area contributed by atoms with Crippen LogP contribution in [0.1, 0.15) is 23.3 Å². The number of hydrogen-bond donors (Lipinski definition) is 1. The standard InChI is InChI=1S/C14H20N4O/c1-15-11-4-5-13(16-9-11)14(19)18-8-7-17-6-2-3-12(17)10-18/h4-5,9,12,15H,2-3,6-8,10H2,1H3. The maximum absolute atomic E-state index is 12.4. The molecule has 19 heavy (non-hydrogen) atoms. The molecule has 1 unspecified atom stereocenters. The molecule has 3 rings (SSSR count). The quantitative estimate of drug-likeness (QED) is 0.863. The van der Waals surface area contributed by atoms with Gasteiger partial charge in [0.05, 0.1) is 11.9 Å². The summed E-state index contributed by atoms with van der Waals surface area (Å²) in [6, 6.07) is 4.26. The Morgan fingerprint density at radius 1 is 1.37 bits per heavy atom. The van der Waals surface area contributed by atoms with E-state index in [1.807, 2.05) is 18.0 Å². The van der Waals surface area contributed by atoms with Crippen LogP contribution in [0.4, 0.5) is 5.69 Å². The fraction of sp³-hybridized carbons (Fsp3) is 0.571. The number of carbonyl (C=O) groups excluding carboxylic acids is 1. The number of nitrogens with zero attached hydrogens (tertiary/aromatic N) is 3. The summed E-state index contributed by atoms with van der Waals surface area (Å²) in [5, 5.41) is 3.01. The summed E-state index contributed by atoms with van der Waals surface area (Å²) in [6.45, 7) is 3.88. The molecule has 1 atom stereocenters. The zero-order valence-corrected chi connectivity index (χ0v) is 11.3. The van der Waals surface area contributed by atoms with Crippen molar-refractivity contribution in [1.29, 1.82) is 0 Å². The zero-order chi connectivity index (χ0) is 13.2. The summed E-state index contributed by atoms with van der Waals surface area (Å²) in [5.41, 5.74) is 1.47. The van der Waals surface area contributed by atoms with E-state index < -0.39 is 0 Å². The van der Waals surface area contributed by atoms with Crippen molar-refractivity contribution in [3.05, 3.63) is 24.0 Å². The Morgan fingerprint density at radius 2 is 2.26 bits per heavy atom. The smallest absolute Gasteiger partial charge is 0.272 e. The van der Waals surface area contributed by atoms with Crippen LogP contribution < -0.4 is 5.32 Å². The fourth-order valence-electron chi connectivity index (χ4n) is 3.01. The van der Waals surface area contributed by atoms with Crippen LogP contribution in [0.2, 0.25) is 0 Å². The normalized spacial score (nSPS) is 23.2. The zero-order valence-electron chi connectivity index (χ0n) is 11.3. The summed E-state index contributed by atoms with van der Waals surface area (Å²) in [6.07, 6.45) is 4.19. The molecule has 5 heteroatoms. The molecular formula is C14H20N4O. The number of amides is 1. The van der Waals surface area contributed by atoms with Crippen molar-refractivity contribution in [1.82, 2.24) is 14.8 Å². The molecule has 1 N–H and O–H groups in total. The third-order valence-corrected chi connectivity index (χ3v) is 4.15. The van der Waals surface area contributed by atoms with Crippen LogP contribution in [0.25, 0.3) is 0 Å². The van der Waals surface area contributed by atoms with Gasteiger partial charge in [0.15, 0.2) is 0 Å². The van der Waals surface area contributed by atoms with Gasteiger partial charge in [0.1, 0.15) is 5.69 Å². The number of aromatic nitrogens is 1. The second-order valence-electron chi connectivity index (χ2n) is 5.27. The van der Waals surface area contributed by atoms with Crippen LogP contribution in [0.15, 0.2) is 18.3 Å². The summed E-state index contributed by atoms with van der Waals surface area (Å²) < 4.78 is 0. The maximum atomic E-state index is 12.4. The van der Waals surface area contributed by atoms with E-state index in [0.717, 1.165) is 25.3 Å². The van der Waals surface area contributed by atoms with E-state index in [0.29, 0.717) is 11.7 Å². The number of rotatable bonds is 2. The predicted molar refractivity (Wildman–Crippen MR) is 74.3 cm³/mol. The summed E-state index contributed by atoms with van der Waals surface area (Å²) >= 11 is 0. The number of pyridine rings is 1. The Hall–Kier alpha value is -1.62. The monoisotopic (exact) mass is 260 g/mol. The van der Waals surface area contributed by atoms with Gasteiger partial charge < -0.3 is 10.2 Å². The average Bonchev–Trinajstić information content (AvgIpc) is 2.94. The van der Waals surface area contributed by atoms with Gasteiger partial charge in [-0.1, -0.05) is 0 Å². The Labute approximate surface area is 113 Å². The van der Waals surface area contributed by atoms with E-state index in [4.69, 9.17) is 0 Å². The summed E-state index contributed by atoms with van der Waals surface area (Å²) in [4.78, 5) is 21.1.